The average Bonchev–Trinajstić information content (AvgIpc) is 2.89. The molecule has 13 heteroatoms. The van der Waals surface area contributed by atoms with Crippen LogP contribution < -0.4 is 24.8 Å². The largest absolute Gasteiger partial charge is 0.481 e. The predicted octanol–water partition coefficient (Wildman–Crippen LogP) is 9.65. The molecule has 41 heavy (non-hydrogen) atoms. The molecule has 0 saturated heterocycles. The second-order valence-corrected chi connectivity index (χ2v) is 11.6. The number of halogens is 6. The van der Waals surface area contributed by atoms with Crippen molar-refractivity contribution in [1.29, 1.82) is 0 Å². The molecule has 212 valence electrons. The van der Waals surface area contributed by atoms with Crippen molar-refractivity contribution < 1.29 is 23.8 Å². The molecule has 0 saturated carbocycles. The van der Waals surface area contributed by atoms with Gasteiger partial charge in [0.05, 0.1) is 19.0 Å². The highest BCUT2D eigenvalue weighted by Gasteiger charge is 2.13. The van der Waals surface area contributed by atoms with Gasteiger partial charge in [0.2, 0.25) is 0 Å². The van der Waals surface area contributed by atoms with Crippen LogP contribution in [-0.2, 0) is 9.59 Å². The van der Waals surface area contributed by atoms with Crippen molar-refractivity contribution in [3.05, 3.63) is 102 Å². The van der Waals surface area contributed by atoms with E-state index in [0.29, 0.717) is 53.4 Å². The minimum Gasteiger partial charge on any atom is -0.481 e. The summed E-state index contributed by atoms with van der Waals surface area (Å²) in [6.07, 6.45) is 0. The average molecular weight is 764 g/mol. The molecule has 0 spiro atoms. The highest BCUT2D eigenvalue weighted by atomic mass is 79.9. The lowest BCUT2D eigenvalue weighted by atomic mass is 10.2. The Morgan fingerprint density at radius 3 is 1.32 bits per heavy atom. The van der Waals surface area contributed by atoms with Gasteiger partial charge in [-0.25, -0.2) is 0 Å². The number of benzene rings is 4. The topological polar surface area (TPSA) is 85.9 Å². The summed E-state index contributed by atoms with van der Waals surface area (Å²) in [5.74, 6) is 1.00. The van der Waals surface area contributed by atoms with Gasteiger partial charge in [0, 0.05) is 21.4 Å². The number of hydrogen-bond acceptors (Lipinski definition) is 5. The van der Waals surface area contributed by atoms with Gasteiger partial charge in [0.15, 0.2) is 24.7 Å². The van der Waals surface area contributed by atoms with E-state index >= 15 is 0 Å². The molecule has 0 heterocycles. The molecule has 4 rings (SSSR count). The molecule has 4 aromatic rings. The van der Waals surface area contributed by atoms with Crippen LogP contribution in [-0.4, -0.2) is 25.0 Å². The predicted molar refractivity (Wildman–Crippen MR) is 170 cm³/mol. The zero-order chi connectivity index (χ0) is 29.5. The maximum atomic E-state index is 12.3. The van der Waals surface area contributed by atoms with E-state index in [-0.39, 0.29) is 35.1 Å². The van der Waals surface area contributed by atoms with Gasteiger partial charge < -0.3 is 24.8 Å². The first-order chi connectivity index (χ1) is 19.6. The van der Waals surface area contributed by atoms with E-state index in [2.05, 4.69) is 42.5 Å². The fraction of sp³-hybridized carbons (Fsp3) is 0.0714. The van der Waals surface area contributed by atoms with Crippen LogP contribution in [0.4, 0.5) is 11.4 Å². The van der Waals surface area contributed by atoms with E-state index in [4.69, 9.17) is 60.6 Å². The number of amides is 2. The maximum Gasteiger partial charge on any atom is 0.262 e. The van der Waals surface area contributed by atoms with Crippen LogP contribution in [0.1, 0.15) is 0 Å². The van der Waals surface area contributed by atoms with Crippen LogP contribution in [0.25, 0.3) is 0 Å². The minimum absolute atomic E-state index is 0.250. The van der Waals surface area contributed by atoms with Crippen molar-refractivity contribution in [3.63, 3.8) is 0 Å². The first-order valence-electron chi connectivity index (χ1n) is 11.6. The van der Waals surface area contributed by atoms with E-state index in [1.54, 1.807) is 60.7 Å². The summed E-state index contributed by atoms with van der Waals surface area (Å²) in [5.41, 5.74) is 1.11. The fourth-order valence-corrected chi connectivity index (χ4v) is 6.09. The van der Waals surface area contributed by atoms with E-state index in [9.17, 15) is 9.59 Å². The molecule has 0 aliphatic rings. The Balaban J connectivity index is 1.24. The first kappa shape index (κ1) is 31.3. The lowest BCUT2D eigenvalue weighted by Crippen LogP contribution is -2.20. The number of carbonyl (C=O) groups excluding carboxylic acids is 2. The Morgan fingerprint density at radius 1 is 0.610 bits per heavy atom. The number of rotatable bonds is 10. The fourth-order valence-electron chi connectivity index (χ4n) is 3.35. The number of ether oxygens (including phenoxy) is 3. The molecular formula is C28H18Br2Cl4N2O5. The summed E-state index contributed by atoms with van der Waals surface area (Å²) in [7, 11) is 0. The zero-order valence-electron chi connectivity index (χ0n) is 20.7. The molecule has 0 radical (unpaired) electrons. The molecule has 0 aliphatic carbocycles. The van der Waals surface area contributed by atoms with Crippen molar-refractivity contribution >= 4 is 101 Å². The monoisotopic (exact) mass is 760 g/mol. The lowest BCUT2D eigenvalue weighted by Gasteiger charge is -2.12. The Bertz CT molecular complexity index is 1410. The summed E-state index contributed by atoms with van der Waals surface area (Å²) < 4.78 is 18.0. The second kappa shape index (κ2) is 14.5. The molecule has 0 bridgehead atoms. The van der Waals surface area contributed by atoms with Gasteiger partial charge >= 0.3 is 0 Å². The van der Waals surface area contributed by atoms with Crippen LogP contribution in [0.15, 0.2) is 81.7 Å². The van der Waals surface area contributed by atoms with Gasteiger partial charge in [0.1, 0.15) is 11.5 Å². The maximum absolute atomic E-state index is 12.3. The number of anilines is 2. The Hall–Kier alpha value is -2.66. The van der Waals surface area contributed by atoms with Gasteiger partial charge in [-0.1, -0.05) is 46.4 Å². The Labute approximate surface area is 272 Å². The third-order valence-electron chi connectivity index (χ3n) is 5.13. The van der Waals surface area contributed by atoms with Crippen molar-refractivity contribution in [3.8, 4) is 23.0 Å². The SMILES string of the molecule is O=C(COc1c(Cl)cc(Cl)cc1Br)Nc1ccc(Oc2ccc(NC(=O)COc3c(Cl)cc(Cl)cc3Br)cc2)cc1. The highest BCUT2D eigenvalue weighted by molar-refractivity contribution is 9.11. The van der Waals surface area contributed by atoms with E-state index < -0.39 is 0 Å². The quantitative estimate of drug-likeness (QED) is 0.168. The van der Waals surface area contributed by atoms with Crippen LogP contribution in [0.3, 0.4) is 0 Å². The number of hydrogen-bond donors (Lipinski definition) is 2. The van der Waals surface area contributed by atoms with Crippen LogP contribution in [0.2, 0.25) is 20.1 Å². The highest BCUT2D eigenvalue weighted by Crippen LogP contribution is 2.37. The second-order valence-electron chi connectivity index (χ2n) is 8.22. The molecule has 2 N–H and O–H groups in total. The summed E-state index contributed by atoms with van der Waals surface area (Å²) in [4.78, 5) is 24.6. The molecule has 0 fully saturated rings. The molecule has 0 aliphatic heterocycles. The van der Waals surface area contributed by atoms with Crippen molar-refractivity contribution in [2.45, 2.75) is 0 Å². The van der Waals surface area contributed by atoms with E-state index in [0.717, 1.165) is 0 Å². The smallest absolute Gasteiger partial charge is 0.262 e. The van der Waals surface area contributed by atoms with E-state index in [1.165, 1.54) is 12.1 Å². The van der Waals surface area contributed by atoms with Gasteiger partial charge in [-0.15, -0.1) is 0 Å². The van der Waals surface area contributed by atoms with Gasteiger partial charge in [-0.05, 0) is 105 Å². The Kier molecular flexibility index (Phi) is 11.1. The van der Waals surface area contributed by atoms with Gasteiger partial charge in [-0.3, -0.25) is 9.59 Å². The number of nitrogens with one attached hydrogen (secondary N) is 2. The molecule has 2 amide bonds. The summed E-state index contributed by atoms with van der Waals surface area (Å²) in [5, 5.41) is 6.94. The van der Waals surface area contributed by atoms with Crippen molar-refractivity contribution in [1.82, 2.24) is 0 Å². The minimum atomic E-state index is -0.372. The molecule has 0 aromatic heterocycles. The Morgan fingerprint density at radius 2 is 0.976 bits per heavy atom. The van der Waals surface area contributed by atoms with E-state index in [1.807, 2.05) is 0 Å². The van der Waals surface area contributed by atoms with Crippen LogP contribution in [0.5, 0.6) is 23.0 Å². The summed E-state index contributed by atoms with van der Waals surface area (Å²) in [6.45, 7) is -0.501. The molecular weight excluding hydrogens is 746 g/mol. The van der Waals surface area contributed by atoms with Crippen LogP contribution in [0, 0.1) is 0 Å². The number of carbonyl (C=O) groups is 2. The summed E-state index contributed by atoms with van der Waals surface area (Å²) >= 11 is 30.7. The molecule has 7 nitrogen and oxygen atoms in total. The van der Waals surface area contributed by atoms with Crippen LogP contribution >= 0.6 is 78.3 Å². The molecule has 0 unspecified atom stereocenters. The lowest BCUT2D eigenvalue weighted by molar-refractivity contribution is -0.118. The van der Waals surface area contributed by atoms with Gasteiger partial charge in [-0.2, -0.15) is 0 Å². The van der Waals surface area contributed by atoms with Gasteiger partial charge in [0.25, 0.3) is 11.8 Å². The molecule has 0 atom stereocenters. The third kappa shape index (κ3) is 9.16. The van der Waals surface area contributed by atoms with Crippen molar-refractivity contribution in [2.75, 3.05) is 23.8 Å². The normalized spacial score (nSPS) is 10.6. The zero-order valence-corrected chi connectivity index (χ0v) is 26.8. The molecule has 4 aromatic carbocycles. The first-order valence-corrected chi connectivity index (χ1v) is 14.7. The summed E-state index contributed by atoms with van der Waals surface area (Å²) in [6, 6.07) is 19.9. The third-order valence-corrected chi connectivity index (χ3v) is 7.31. The van der Waals surface area contributed by atoms with Crippen molar-refractivity contribution in [2.24, 2.45) is 0 Å². The standard InChI is InChI=1S/C28H18Br2Cl4N2O5/c29-21-9-15(31)11-23(33)27(21)39-13-25(37)35-17-1-5-19(6-2-17)41-20-7-3-18(4-8-20)36-26(38)14-40-28-22(30)10-16(32)12-24(28)34/h1-12H,13-14H2,(H,35,37)(H,36,38).